The molecule has 2 aromatic rings. The number of aromatic hydroxyl groups is 2. The fraction of sp³-hybridized carbons (Fsp3) is 0.211. The van der Waals surface area contributed by atoms with Crippen molar-refractivity contribution in [1.82, 2.24) is 0 Å². The Morgan fingerprint density at radius 1 is 1.15 bits per heavy atom. The fourth-order valence-corrected chi connectivity index (χ4v) is 2.02. The molecule has 0 spiro atoms. The van der Waals surface area contributed by atoms with Gasteiger partial charge < -0.3 is 24.4 Å². The minimum Gasteiger partial charge on any atom is -0.508 e. The number of esters is 1. The molecule has 1 unspecified atom stereocenters. The molecule has 27 heavy (non-hydrogen) atoms. The zero-order valence-electron chi connectivity index (χ0n) is 14.7. The molecule has 0 amide bonds. The molecule has 2 aromatic carbocycles. The van der Waals surface area contributed by atoms with Crippen molar-refractivity contribution in [2.24, 2.45) is 10.2 Å². The van der Waals surface area contributed by atoms with E-state index >= 15 is 0 Å². The second-order valence-electron chi connectivity index (χ2n) is 5.40. The molecule has 0 fully saturated rings. The first-order chi connectivity index (χ1) is 13.0. The van der Waals surface area contributed by atoms with Crippen molar-refractivity contribution in [2.75, 3.05) is 20.3 Å². The van der Waals surface area contributed by atoms with Gasteiger partial charge in [-0.2, -0.15) is 5.11 Å². The molecule has 1 atom stereocenters. The third-order valence-corrected chi connectivity index (χ3v) is 3.31. The van der Waals surface area contributed by atoms with Crippen molar-refractivity contribution in [3.8, 4) is 17.2 Å². The molecule has 142 valence electrons. The van der Waals surface area contributed by atoms with Crippen molar-refractivity contribution in [3.05, 3.63) is 55.1 Å². The predicted octanol–water partition coefficient (Wildman–Crippen LogP) is 3.64. The summed E-state index contributed by atoms with van der Waals surface area (Å²) in [4.78, 5) is 11.3. The van der Waals surface area contributed by atoms with Gasteiger partial charge in [0, 0.05) is 19.3 Å². The first-order valence-electron chi connectivity index (χ1n) is 8.00. The predicted molar refractivity (Wildman–Crippen MR) is 97.8 cm³/mol. The average molecular weight is 372 g/mol. The van der Waals surface area contributed by atoms with E-state index in [4.69, 9.17) is 14.2 Å². The number of phenols is 2. The highest BCUT2D eigenvalue weighted by atomic mass is 16.6. The highest BCUT2D eigenvalue weighted by molar-refractivity contribution is 5.81. The number of hydrogen-bond donors (Lipinski definition) is 2. The second-order valence-corrected chi connectivity index (χ2v) is 5.40. The Kier molecular flexibility index (Phi) is 7.33. The van der Waals surface area contributed by atoms with Crippen LogP contribution in [0.5, 0.6) is 17.2 Å². The lowest BCUT2D eigenvalue weighted by Gasteiger charge is -2.16. The highest BCUT2D eigenvalue weighted by Gasteiger charge is 2.13. The van der Waals surface area contributed by atoms with E-state index in [9.17, 15) is 15.0 Å². The van der Waals surface area contributed by atoms with Crippen molar-refractivity contribution in [2.45, 2.75) is 6.10 Å². The minimum absolute atomic E-state index is 0.0569. The van der Waals surface area contributed by atoms with Crippen LogP contribution >= 0.6 is 0 Å². The number of carbonyl (C=O) groups excluding carboxylic acids is 1. The van der Waals surface area contributed by atoms with Gasteiger partial charge in [-0.1, -0.05) is 6.58 Å². The van der Waals surface area contributed by atoms with E-state index in [2.05, 4.69) is 16.8 Å². The molecule has 0 radical (unpaired) electrons. The molecule has 0 heterocycles. The first kappa shape index (κ1) is 19.9. The van der Waals surface area contributed by atoms with Crippen LogP contribution in [0.4, 0.5) is 11.4 Å². The highest BCUT2D eigenvalue weighted by Crippen LogP contribution is 2.31. The van der Waals surface area contributed by atoms with E-state index in [-0.39, 0.29) is 30.4 Å². The zero-order valence-corrected chi connectivity index (χ0v) is 14.7. The molecule has 0 saturated heterocycles. The van der Waals surface area contributed by atoms with E-state index in [0.717, 1.165) is 6.08 Å². The van der Waals surface area contributed by atoms with Crippen LogP contribution in [0.2, 0.25) is 0 Å². The number of methoxy groups -OCH3 is 1. The fourth-order valence-electron chi connectivity index (χ4n) is 2.02. The van der Waals surface area contributed by atoms with E-state index < -0.39 is 12.1 Å². The number of hydrogen-bond acceptors (Lipinski definition) is 8. The number of nitrogens with zero attached hydrogens (tertiary/aromatic N) is 2. The van der Waals surface area contributed by atoms with Crippen molar-refractivity contribution >= 4 is 17.3 Å². The lowest BCUT2D eigenvalue weighted by molar-refractivity contribution is -0.147. The lowest BCUT2D eigenvalue weighted by Crippen LogP contribution is -2.28. The smallest absolute Gasteiger partial charge is 0.330 e. The lowest BCUT2D eigenvalue weighted by atomic mass is 10.3. The third-order valence-electron chi connectivity index (χ3n) is 3.31. The molecule has 0 saturated carbocycles. The minimum atomic E-state index is -0.558. The van der Waals surface area contributed by atoms with Gasteiger partial charge >= 0.3 is 5.97 Å². The maximum Gasteiger partial charge on any atom is 0.330 e. The van der Waals surface area contributed by atoms with E-state index in [1.54, 1.807) is 24.3 Å². The summed E-state index contributed by atoms with van der Waals surface area (Å²) in [6, 6.07) is 10.8. The molecule has 2 rings (SSSR count). The zero-order chi connectivity index (χ0) is 19.6. The third kappa shape index (κ3) is 6.44. The van der Waals surface area contributed by atoms with Gasteiger partial charge in [0.25, 0.3) is 0 Å². The largest absolute Gasteiger partial charge is 0.508 e. The standard InChI is InChI=1S/C19H20N2O6/c1-3-19(24)27-16(11-25-2)12-26-15-7-4-13(5-8-15)20-21-17-9-6-14(22)10-18(17)23/h3-10,16,22-23H,1,11-12H2,2H3. The summed E-state index contributed by atoms with van der Waals surface area (Å²) in [5, 5.41) is 26.9. The Labute approximate surface area is 156 Å². The Bertz CT molecular complexity index is 804. The van der Waals surface area contributed by atoms with Crippen LogP contribution in [0.25, 0.3) is 0 Å². The number of phenolic OH excluding ortho intramolecular Hbond substituents is 2. The van der Waals surface area contributed by atoms with Gasteiger partial charge in [0.05, 0.1) is 12.3 Å². The summed E-state index contributed by atoms with van der Waals surface area (Å²) in [6.07, 6.45) is 0.520. The molecule has 8 nitrogen and oxygen atoms in total. The topological polar surface area (TPSA) is 110 Å². The summed E-state index contributed by atoms with van der Waals surface area (Å²) < 4.78 is 15.7. The van der Waals surface area contributed by atoms with Gasteiger partial charge in [-0.15, -0.1) is 5.11 Å². The molecule has 8 heteroatoms. The van der Waals surface area contributed by atoms with Crippen LogP contribution in [0.15, 0.2) is 65.3 Å². The number of carbonyl (C=O) groups is 1. The number of benzene rings is 2. The Hall–Kier alpha value is -3.39. The molecule has 0 aromatic heterocycles. The van der Waals surface area contributed by atoms with E-state index in [0.29, 0.717) is 11.4 Å². The van der Waals surface area contributed by atoms with E-state index in [1.165, 1.54) is 25.3 Å². The maximum atomic E-state index is 11.3. The monoisotopic (exact) mass is 372 g/mol. The summed E-state index contributed by atoms with van der Waals surface area (Å²) in [5.74, 6) is -0.221. The van der Waals surface area contributed by atoms with Crippen LogP contribution in [0, 0.1) is 0 Å². The first-order valence-corrected chi connectivity index (χ1v) is 8.00. The van der Waals surface area contributed by atoms with Gasteiger partial charge in [-0.3, -0.25) is 0 Å². The van der Waals surface area contributed by atoms with Gasteiger partial charge in [0.15, 0.2) is 6.10 Å². The van der Waals surface area contributed by atoms with E-state index in [1.807, 2.05) is 0 Å². The summed E-state index contributed by atoms with van der Waals surface area (Å²) in [6.45, 7) is 3.66. The Morgan fingerprint density at radius 2 is 1.89 bits per heavy atom. The summed E-state index contributed by atoms with van der Waals surface area (Å²) in [5.41, 5.74) is 0.779. The number of ether oxygens (including phenoxy) is 3. The van der Waals surface area contributed by atoms with Crippen LogP contribution < -0.4 is 4.74 Å². The summed E-state index contributed by atoms with van der Waals surface area (Å²) in [7, 11) is 1.50. The van der Waals surface area contributed by atoms with Gasteiger partial charge in [0.1, 0.15) is 29.5 Å². The number of rotatable bonds is 9. The summed E-state index contributed by atoms with van der Waals surface area (Å²) >= 11 is 0. The van der Waals surface area contributed by atoms with Crippen molar-refractivity contribution in [3.63, 3.8) is 0 Å². The quantitative estimate of drug-likeness (QED) is 0.395. The molecular formula is C19H20N2O6. The Morgan fingerprint density at radius 3 is 2.52 bits per heavy atom. The maximum absolute atomic E-state index is 11.3. The number of azo groups is 1. The molecule has 0 aliphatic heterocycles. The van der Waals surface area contributed by atoms with Gasteiger partial charge in [-0.25, -0.2) is 4.79 Å². The molecule has 0 aliphatic carbocycles. The normalized spacial score (nSPS) is 11.9. The van der Waals surface area contributed by atoms with Gasteiger partial charge in [0.2, 0.25) is 0 Å². The van der Waals surface area contributed by atoms with Crippen molar-refractivity contribution in [1.29, 1.82) is 0 Å². The van der Waals surface area contributed by atoms with Crippen LogP contribution in [0.1, 0.15) is 0 Å². The SMILES string of the molecule is C=CC(=O)OC(COC)COc1ccc(N=Nc2ccc(O)cc2O)cc1. The molecule has 0 bridgehead atoms. The molecular weight excluding hydrogens is 352 g/mol. The van der Waals surface area contributed by atoms with Crippen molar-refractivity contribution < 1.29 is 29.2 Å². The average Bonchev–Trinajstić information content (AvgIpc) is 2.66. The molecule has 0 aliphatic rings. The second kappa shape index (κ2) is 9.93. The van der Waals surface area contributed by atoms with Crippen LogP contribution in [-0.4, -0.2) is 42.6 Å². The molecule has 2 N–H and O–H groups in total. The van der Waals surface area contributed by atoms with Crippen LogP contribution in [-0.2, 0) is 14.3 Å². The van der Waals surface area contributed by atoms with Gasteiger partial charge in [-0.05, 0) is 36.4 Å². The van der Waals surface area contributed by atoms with Crippen LogP contribution in [0.3, 0.4) is 0 Å². The Balaban J connectivity index is 1.94.